The molecule has 1 atom stereocenters. The molecule has 0 bridgehead atoms. The fourth-order valence-corrected chi connectivity index (χ4v) is 2.95. The summed E-state index contributed by atoms with van der Waals surface area (Å²) in [6.07, 6.45) is 1.89. The SMILES string of the molecule is Cc1cc(N2CC(c3noc(-c4ccco4)n3)CC2=O)ccc1Cl. The molecule has 3 heterocycles. The maximum Gasteiger partial charge on any atom is 0.293 e. The number of carbonyl (C=O) groups is 1. The minimum Gasteiger partial charge on any atom is -0.459 e. The number of rotatable bonds is 3. The van der Waals surface area contributed by atoms with Crippen molar-refractivity contribution in [1.29, 1.82) is 0 Å². The highest BCUT2D eigenvalue weighted by Gasteiger charge is 2.35. The van der Waals surface area contributed by atoms with Gasteiger partial charge in [0.25, 0.3) is 5.89 Å². The van der Waals surface area contributed by atoms with Crippen molar-refractivity contribution in [3.63, 3.8) is 0 Å². The lowest BCUT2D eigenvalue weighted by molar-refractivity contribution is -0.117. The second-order valence-electron chi connectivity index (χ2n) is 5.77. The van der Waals surface area contributed by atoms with Gasteiger partial charge in [0.05, 0.1) is 6.26 Å². The number of aromatic nitrogens is 2. The molecule has 7 heteroatoms. The third kappa shape index (κ3) is 2.59. The number of carbonyl (C=O) groups excluding carboxylic acids is 1. The van der Waals surface area contributed by atoms with Gasteiger partial charge in [-0.1, -0.05) is 16.8 Å². The fraction of sp³-hybridized carbons (Fsp3) is 0.235. The summed E-state index contributed by atoms with van der Waals surface area (Å²) in [5.41, 5.74) is 1.77. The summed E-state index contributed by atoms with van der Waals surface area (Å²) in [6.45, 7) is 2.43. The largest absolute Gasteiger partial charge is 0.459 e. The van der Waals surface area contributed by atoms with Crippen LogP contribution in [0.2, 0.25) is 5.02 Å². The number of hydrogen-bond donors (Lipinski definition) is 0. The van der Waals surface area contributed by atoms with E-state index >= 15 is 0 Å². The molecule has 3 aromatic rings. The van der Waals surface area contributed by atoms with Gasteiger partial charge in [0.15, 0.2) is 11.6 Å². The number of furan rings is 1. The molecule has 1 amide bonds. The third-order valence-electron chi connectivity index (χ3n) is 4.12. The summed E-state index contributed by atoms with van der Waals surface area (Å²) in [5, 5.41) is 4.69. The Kier molecular flexibility index (Phi) is 3.61. The van der Waals surface area contributed by atoms with E-state index in [-0.39, 0.29) is 11.8 Å². The number of hydrogen-bond acceptors (Lipinski definition) is 5. The maximum absolute atomic E-state index is 12.4. The van der Waals surface area contributed by atoms with Crippen LogP contribution in [0.4, 0.5) is 5.69 Å². The summed E-state index contributed by atoms with van der Waals surface area (Å²) in [5.74, 6) is 1.28. The molecule has 4 rings (SSSR count). The standard InChI is InChI=1S/C17H14ClN3O3/c1-10-7-12(4-5-13(10)18)21-9-11(8-15(21)22)16-19-17(24-20-16)14-3-2-6-23-14/h2-7,11H,8-9H2,1H3. The number of aryl methyl sites for hydroxylation is 1. The molecule has 1 aromatic carbocycles. The van der Waals surface area contributed by atoms with Gasteiger partial charge in [-0.15, -0.1) is 0 Å². The van der Waals surface area contributed by atoms with Crippen LogP contribution in [0.3, 0.4) is 0 Å². The zero-order valence-electron chi connectivity index (χ0n) is 12.9. The molecule has 122 valence electrons. The first-order valence-corrected chi connectivity index (χ1v) is 7.93. The highest BCUT2D eigenvalue weighted by Crippen LogP contribution is 2.33. The van der Waals surface area contributed by atoms with Gasteiger partial charge in [0.1, 0.15) is 0 Å². The predicted octanol–water partition coefficient (Wildman–Crippen LogP) is 3.81. The van der Waals surface area contributed by atoms with E-state index in [0.717, 1.165) is 11.3 Å². The molecular formula is C17H14ClN3O3. The first kappa shape index (κ1) is 15.0. The summed E-state index contributed by atoms with van der Waals surface area (Å²) in [6, 6.07) is 9.06. The molecule has 0 aliphatic carbocycles. The number of halogens is 1. The smallest absolute Gasteiger partial charge is 0.293 e. The molecule has 6 nitrogen and oxygen atoms in total. The lowest BCUT2D eigenvalue weighted by atomic mass is 10.1. The Bertz CT molecular complexity index is 888. The Balaban J connectivity index is 1.56. The van der Waals surface area contributed by atoms with E-state index in [2.05, 4.69) is 10.1 Å². The average molecular weight is 344 g/mol. The van der Waals surface area contributed by atoms with Gasteiger partial charge in [-0.3, -0.25) is 4.79 Å². The molecule has 2 aromatic heterocycles. The van der Waals surface area contributed by atoms with E-state index in [9.17, 15) is 4.79 Å². The quantitative estimate of drug-likeness (QED) is 0.723. The van der Waals surface area contributed by atoms with Crippen LogP contribution in [0, 0.1) is 6.92 Å². The van der Waals surface area contributed by atoms with Crippen molar-refractivity contribution in [3.05, 3.63) is 53.0 Å². The van der Waals surface area contributed by atoms with E-state index in [1.54, 1.807) is 29.4 Å². The Labute approximate surface area is 143 Å². The van der Waals surface area contributed by atoms with Crippen molar-refractivity contribution >= 4 is 23.2 Å². The van der Waals surface area contributed by atoms with Gasteiger partial charge < -0.3 is 13.8 Å². The van der Waals surface area contributed by atoms with Crippen molar-refractivity contribution in [1.82, 2.24) is 10.1 Å². The Morgan fingerprint density at radius 1 is 1.33 bits per heavy atom. The molecule has 1 unspecified atom stereocenters. The zero-order chi connectivity index (χ0) is 16.7. The molecular weight excluding hydrogens is 330 g/mol. The topological polar surface area (TPSA) is 72.4 Å². The van der Waals surface area contributed by atoms with Crippen LogP contribution in [0.5, 0.6) is 0 Å². The van der Waals surface area contributed by atoms with Gasteiger partial charge in [-0.05, 0) is 42.8 Å². The van der Waals surface area contributed by atoms with Gasteiger partial charge in [-0.25, -0.2) is 0 Å². The van der Waals surface area contributed by atoms with Gasteiger partial charge in [0, 0.05) is 29.6 Å². The van der Waals surface area contributed by atoms with Gasteiger partial charge in [-0.2, -0.15) is 4.98 Å². The maximum atomic E-state index is 12.4. The van der Waals surface area contributed by atoms with Gasteiger partial charge in [0.2, 0.25) is 5.91 Å². The van der Waals surface area contributed by atoms with E-state index < -0.39 is 0 Å². The molecule has 0 radical (unpaired) electrons. The molecule has 1 saturated heterocycles. The van der Waals surface area contributed by atoms with Crippen LogP contribution in [0.15, 0.2) is 45.5 Å². The summed E-state index contributed by atoms with van der Waals surface area (Å²) < 4.78 is 10.5. The van der Waals surface area contributed by atoms with E-state index in [1.165, 1.54) is 0 Å². The number of benzene rings is 1. The van der Waals surface area contributed by atoms with Crippen LogP contribution in [0.1, 0.15) is 23.7 Å². The van der Waals surface area contributed by atoms with Crippen LogP contribution in [-0.4, -0.2) is 22.6 Å². The van der Waals surface area contributed by atoms with Gasteiger partial charge >= 0.3 is 0 Å². The first-order valence-electron chi connectivity index (χ1n) is 7.56. The van der Waals surface area contributed by atoms with Crippen LogP contribution < -0.4 is 4.90 Å². The number of nitrogens with zero attached hydrogens (tertiary/aromatic N) is 3. The van der Waals surface area contributed by atoms with Crippen molar-refractivity contribution in [2.45, 2.75) is 19.3 Å². The highest BCUT2D eigenvalue weighted by atomic mass is 35.5. The van der Waals surface area contributed by atoms with Crippen molar-refractivity contribution in [2.24, 2.45) is 0 Å². The molecule has 1 fully saturated rings. The second-order valence-corrected chi connectivity index (χ2v) is 6.18. The summed E-state index contributed by atoms with van der Waals surface area (Å²) in [4.78, 5) is 18.5. The Hall–Kier alpha value is -2.60. The van der Waals surface area contributed by atoms with Crippen LogP contribution in [0.25, 0.3) is 11.7 Å². The summed E-state index contributed by atoms with van der Waals surface area (Å²) in [7, 11) is 0. The Morgan fingerprint density at radius 2 is 2.21 bits per heavy atom. The van der Waals surface area contributed by atoms with E-state index in [0.29, 0.717) is 35.5 Å². The van der Waals surface area contributed by atoms with Crippen LogP contribution in [-0.2, 0) is 4.79 Å². The monoisotopic (exact) mass is 343 g/mol. The fourth-order valence-electron chi connectivity index (χ4n) is 2.83. The molecule has 0 spiro atoms. The lowest BCUT2D eigenvalue weighted by Crippen LogP contribution is -2.24. The first-order chi connectivity index (χ1) is 11.6. The molecule has 1 aliphatic heterocycles. The van der Waals surface area contributed by atoms with Crippen molar-refractivity contribution in [3.8, 4) is 11.7 Å². The van der Waals surface area contributed by atoms with E-state index in [4.69, 9.17) is 20.5 Å². The minimum absolute atomic E-state index is 0.0334. The average Bonchev–Trinajstić information content (AvgIpc) is 3.28. The van der Waals surface area contributed by atoms with Crippen molar-refractivity contribution in [2.75, 3.05) is 11.4 Å². The van der Waals surface area contributed by atoms with Crippen molar-refractivity contribution < 1.29 is 13.7 Å². The molecule has 1 aliphatic rings. The highest BCUT2D eigenvalue weighted by molar-refractivity contribution is 6.31. The third-order valence-corrected chi connectivity index (χ3v) is 4.54. The van der Waals surface area contributed by atoms with E-state index in [1.807, 2.05) is 19.1 Å². The lowest BCUT2D eigenvalue weighted by Gasteiger charge is -2.17. The zero-order valence-corrected chi connectivity index (χ0v) is 13.7. The minimum atomic E-state index is -0.110. The molecule has 24 heavy (non-hydrogen) atoms. The van der Waals surface area contributed by atoms with Crippen LogP contribution >= 0.6 is 11.6 Å². The Morgan fingerprint density at radius 3 is 2.96 bits per heavy atom. The molecule has 0 saturated carbocycles. The number of anilines is 1. The number of amides is 1. The summed E-state index contributed by atoms with van der Waals surface area (Å²) >= 11 is 6.06. The normalized spacial score (nSPS) is 17.7. The second kappa shape index (κ2) is 5.79. The predicted molar refractivity (Wildman–Crippen MR) is 87.9 cm³/mol. The molecule has 0 N–H and O–H groups in total.